The fourth-order valence-corrected chi connectivity index (χ4v) is 2.44. The molecule has 0 radical (unpaired) electrons. The van der Waals surface area contributed by atoms with Crippen molar-refractivity contribution >= 4 is 32.8 Å². The topological polar surface area (TPSA) is 55.1 Å². The number of aromatic nitrogens is 1. The lowest BCUT2D eigenvalue weighted by molar-refractivity contribution is 0.0930. The Kier molecular flexibility index (Phi) is 3.75. The maximum Gasteiger partial charge on any atom is 0.270 e. The minimum atomic E-state index is -0.232. The summed E-state index contributed by atoms with van der Waals surface area (Å²) in [4.78, 5) is 16.3. The molecule has 0 saturated carbocycles. The third kappa shape index (κ3) is 2.97. The SMILES string of the molecule is CC(NC(=O)c1cccc(Br)n1)c1cc2ccccc2o1. The van der Waals surface area contributed by atoms with Gasteiger partial charge in [0.2, 0.25) is 0 Å². The van der Waals surface area contributed by atoms with E-state index in [1.165, 1.54) is 0 Å². The maximum atomic E-state index is 12.2. The van der Waals surface area contributed by atoms with E-state index in [0.29, 0.717) is 10.3 Å². The molecule has 2 heterocycles. The standard InChI is InChI=1S/C16H13BrN2O2/c1-10(14-9-11-5-2-3-7-13(11)21-14)18-16(20)12-6-4-8-15(17)19-12/h2-10H,1H3,(H,18,20). The molecular formula is C16H13BrN2O2. The van der Waals surface area contributed by atoms with Gasteiger partial charge < -0.3 is 9.73 Å². The number of para-hydroxylation sites is 1. The van der Waals surface area contributed by atoms with E-state index in [1.807, 2.05) is 37.3 Å². The zero-order valence-corrected chi connectivity index (χ0v) is 12.9. The third-order valence-corrected chi connectivity index (χ3v) is 3.61. The number of fused-ring (bicyclic) bond motifs is 1. The van der Waals surface area contributed by atoms with Crippen LogP contribution in [0.25, 0.3) is 11.0 Å². The summed E-state index contributed by atoms with van der Waals surface area (Å²) in [5.74, 6) is 0.490. The van der Waals surface area contributed by atoms with E-state index in [4.69, 9.17) is 4.42 Å². The maximum absolute atomic E-state index is 12.2. The lowest BCUT2D eigenvalue weighted by Gasteiger charge is -2.10. The van der Waals surface area contributed by atoms with E-state index in [9.17, 15) is 4.79 Å². The number of hydrogen-bond donors (Lipinski definition) is 1. The Balaban J connectivity index is 1.79. The van der Waals surface area contributed by atoms with E-state index < -0.39 is 0 Å². The second kappa shape index (κ2) is 5.69. The number of nitrogens with one attached hydrogen (secondary N) is 1. The number of carbonyl (C=O) groups is 1. The van der Waals surface area contributed by atoms with Crippen molar-refractivity contribution in [3.8, 4) is 0 Å². The zero-order valence-electron chi connectivity index (χ0n) is 11.3. The van der Waals surface area contributed by atoms with Crippen LogP contribution in [0, 0.1) is 0 Å². The van der Waals surface area contributed by atoms with Gasteiger partial charge >= 0.3 is 0 Å². The van der Waals surface area contributed by atoms with Crippen LogP contribution in [0.2, 0.25) is 0 Å². The normalized spacial score (nSPS) is 12.3. The Labute approximate surface area is 130 Å². The first-order chi connectivity index (χ1) is 10.1. The van der Waals surface area contributed by atoms with Gasteiger partial charge in [0, 0.05) is 5.39 Å². The number of carbonyl (C=O) groups excluding carboxylic acids is 1. The van der Waals surface area contributed by atoms with Crippen molar-refractivity contribution in [2.24, 2.45) is 0 Å². The summed E-state index contributed by atoms with van der Waals surface area (Å²) in [5.41, 5.74) is 1.18. The number of rotatable bonds is 3. The highest BCUT2D eigenvalue weighted by molar-refractivity contribution is 9.10. The van der Waals surface area contributed by atoms with Gasteiger partial charge in [0.1, 0.15) is 21.6 Å². The quantitative estimate of drug-likeness (QED) is 0.728. The first-order valence-corrected chi connectivity index (χ1v) is 7.34. The number of amides is 1. The monoisotopic (exact) mass is 344 g/mol. The number of furan rings is 1. The van der Waals surface area contributed by atoms with Crippen molar-refractivity contribution in [2.75, 3.05) is 0 Å². The van der Waals surface area contributed by atoms with Crippen molar-refractivity contribution in [1.29, 1.82) is 0 Å². The Hall–Kier alpha value is -2.14. The Morgan fingerprint density at radius 2 is 2.05 bits per heavy atom. The van der Waals surface area contributed by atoms with Crippen LogP contribution in [0.5, 0.6) is 0 Å². The minimum Gasteiger partial charge on any atom is -0.459 e. The Bertz CT molecular complexity index is 765. The number of benzene rings is 1. The van der Waals surface area contributed by atoms with Crippen LogP contribution in [0.4, 0.5) is 0 Å². The van der Waals surface area contributed by atoms with Crippen LogP contribution >= 0.6 is 15.9 Å². The van der Waals surface area contributed by atoms with E-state index in [2.05, 4.69) is 26.2 Å². The molecule has 1 amide bonds. The Morgan fingerprint density at radius 3 is 2.81 bits per heavy atom. The van der Waals surface area contributed by atoms with Crippen molar-refractivity contribution in [1.82, 2.24) is 10.3 Å². The molecule has 2 aromatic heterocycles. The smallest absolute Gasteiger partial charge is 0.270 e. The molecule has 106 valence electrons. The zero-order chi connectivity index (χ0) is 14.8. The summed E-state index contributed by atoms with van der Waals surface area (Å²) in [7, 11) is 0. The van der Waals surface area contributed by atoms with E-state index in [-0.39, 0.29) is 11.9 Å². The van der Waals surface area contributed by atoms with E-state index >= 15 is 0 Å². The summed E-state index contributed by atoms with van der Waals surface area (Å²) < 4.78 is 6.38. The molecule has 21 heavy (non-hydrogen) atoms. The first-order valence-electron chi connectivity index (χ1n) is 6.55. The van der Waals surface area contributed by atoms with Gasteiger partial charge in [-0.2, -0.15) is 0 Å². The highest BCUT2D eigenvalue weighted by Gasteiger charge is 2.16. The average Bonchev–Trinajstić information content (AvgIpc) is 2.91. The van der Waals surface area contributed by atoms with Gasteiger partial charge in [-0.25, -0.2) is 4.98 Å². The second-order valence-corrected chi connectivity index (χ2v) is 5.54. The molecule has 4 nitrogen and oxygen atoms in total. The van der Waals surface area contributed by atoms with Gasteiger partial charge in [-0.05, 0) is 47.1 Å². The van der Waals surface area contributed by atoms with Crippen LogP contribution in [0.15, 0.2) is 57.6 Å². The van der Waals surface area contributed by atoms with Gasteiger partial charge in [0.15, 0.2) is 0 Å². The molecule has 5 heteroatoms. The Morgan fingerprint density at radius 1 is 1.24 bits per heavy atom. The molecule has 1 atom stereocenters. The van der Waals surface area contributed by atoms with Crippen LogP contribution < -0.4 is 5.32 Å². The fraction of sp³-hybridized carbons (Fsp3) is 0.125. The number of pyridine rings is 1. The number of nitrogens with zero attached hydrogens (tertiary/aromatic N) is 1. The predicted molar refractivity (Wildman–Crippen MR) is 84.0 cm³/mol. The summed E-state index contributed by atoms with van der Waals surface area (Å²) in [6, 6.07) is 14.7. The third-order valence-electron chi connectivity index (χ3n) is 3.17. The molecule has 1 aromatic carbocycles. The molecule has 0 fully saturated rings. The second-order valence-electron chi connectivity index (χ2n) is 4.73. The van der Waals surface area contributed by atoms with Gasteiger partial charge in [0.05, 0.1) is 6.04 Å². The number of halogens is 1. The minimum absolute atomic E-state index is 0.231. The van der Waals surface area contributed by atoms with E-state index in [1.54, 1.807) is 18.2 Å². The molecule has 3 aromatic rings. The summed E-state index contributed by atoms with van der Waals surface area (Å²) in [5, 5.41) is 3.91. The molecule has 3 rings (SSSR count). The van der Waals surface area contributed by atoms with Gasteiger partial charge in [0.25, 0.3) is 5.91 Å². The molecular weight excluding hydrogens is 332 g/mol. The van der Waals surface area contributed by atoms with Crippen molar-refractivity contribution < 1.29 is 9.21 Å². The molecule has 1 N–H and O–H groups in total. The molecule has 0 aliphatic carbocycles. The van der Waals surface area contributed by atoms with Crippen molar-refractivity contribution in [3.05, 3.63) is 64.6 Å². The molecule has 0 saturated heterocycles. The predicted octanol–water partition coefficient (Wildman–Crippen LogP) is 4.08. The van der Waals surface area contributed by atoms with E-state index in [0.717, 1.165) is 16.7 Å². The number of hydrogen-bond acceptors (Lipinski definition) is 3. The van der Waals surface area contributed by atoms with Crippen molar-refractivity contribution in [3.63, 3.8) is 0 Å². The summed E-state index contributed by atoms with van der Waals surface area (Å²) in [6.45, 7) is 1.88. The fourth-order valence-electron chi connectivity index (χ4n) is 2.09. The van der Waals surface area contributed by atoms with Gasteiger partial charge in [-0.15, -0.1) is 0 Å². The molecule has 1 unspecified atom stereocenters. The van der Waals surface area contributed by atoms with Crippen LogP contribution in [0.1, 0.15) is 29.2 Å². The lowest BCUT2D eigenvalue weighted by Crippen LogP contribution is -2.27. The summed E-state index contributed by atoms with van der Waals surface area (Å²) >= 11 is 3.26. The van der Waals surface area contributed by atoms with Gasteiger partial charge in [-0.3, -0.25) is 4.79 Å². The lowest BCUT2D eigenvalue weighted by atomic mass is 10.2. The average molecular weight is 345 g/mol. The van der Waals surface area contributed by atoms with Gasteiger partial charge in [-0.1, -0.05) is 24.3 Å². The van der Waals surface area contributed by atoms with Crippen LogP contribution in [-0.2, 0) is 0 Å². The first kappa shape index (κ1) is 13.8. The molecule has 0 aliphatic heterocycles. The molecule has 0 aliphatic rings. The highest BCUT2D eigenvalue weighted by atomic mass is 79.9. The molecule has 0 spiro atoms. The largest absolute Gasteiger partial charge is 0.459 e. The summed E-state index contributed by atoms with van der Waals surface area (Å²) in [6.07, 6.45) is 0. The van der Waals surface area contributed by atoms with Crippen molar-refractivity contribution in [2.45, 2.75) is 13.0 Å². The van der Waals surface area contributed by atoms with Crippen LogP contribution in [0.3, 0.4) is 0 Å². The highest BCUT2D eigenvalue weighted by Crippen LogP contribution is 2.23. The molecule has 0 bridgehead atoms. The van der Waals surface area contributed by atoms with Crippen LogP contribution in [-0.4, -0.2) is 10.9 Å².